The predicted molar refractivity (Wildman–Crippen MR) is 110 cm³/mol. The van der Waals surface area contributed by atoms with Gasteiger partial charge >= 0.3 is 0 Å². The van der Waals surface area contributed by atoms with Gasteiger partial charge < -0.3 is 0 Å². The Kier molecular flexibility index (Phi) is 11.9. The predicted octanol–water partition coefficient (Wildman–Crippen LogP) is 7.01. The molecule has 0 fully saturated rings. The summed E-state index contributed by atoms with van der Waals surface area (Å²) in [5.74, 6) is 0. The van der Waals surface area contributed by atoms with E-state index < -0.39 is 0 Å². The molecule has 0 amide bonds. The Hall–Kier alpha value is -0.790. The van der Waals surface area contributed by atoms with E-state index in [-0.39, 0.29) is 5.54 Å². The molecule has 2 nitrogen and oxygen atoms in total. The van der Waals surface area contributed by atoms with Gasteiger partial charge in [0.25, 0.3) is 0 Å². The van der Waals surface area contributed by atoms with Crippen LogP contribution in [0.15, 0.2) is 18.7 Å². The maximum absolute atomic E-state index is 2.34. The fourth-order valence-electron chi connectivity index (χ4n) is 3.41. The molecule has 0 unspecified atom stereocenters. The standard InChI is InChI=1S/C23H45N2/c1-5-6-7-8-9-10-11-12-13-14-15-16-17-18-19-24-20-21-25(22-24)23(2,3)4/h20-22H,5-19H2,1-4H3/q+1. The Morgan fingerprint density at radius 2 is 1.12 bits per heavy atom. The summed E-state index contributed by atoms with van der Waals surface area (Å²) in [6.07, 6.45) is 26.7. The first-order chi connectivity index (χ1) is 12.0. The summed E-state index contributed by atoms with van der Waals surface area (Å²) in [6, 6.07) is 0. The third kappa shape index (κ3) is 11.4. The highest BCUT2D eigenvalue weighted by atomic mass is 15.1. The molecule has 2 heteroatoms. The molecule has 0 aliphatic heterocycles. The van der Waals surface area contributed by atoms with Gasteiger partial charge in [-0.25, -0.2) is 9.13 Å². The van der Waals surface area contributed by atoms with Crippen molar-refractivity contribution >= 4 is 0 Å². The number of aryl methyl sites for hydroxylation is 1. The molecule has 0 saturated heterocycles. The molecular formula is C23H45N2+. The van der Waals surface area contributed by atoms with E-state index in [0.717, 1.165) is 0 Å². The van der Waals surface area contributed by atoms with Crippen LogP contribution in [0.2, 0.25) is 0 Å². The van der Waals surface area contributed by atoms with Crippen molar-refractivity contribution in [3.8, 4) is 0 Å². The SMILES string of the molecule is CCCCCCCCCCCCCCCC[n+]1ccn(C(C)(C)C)c1. The lowest BCUT2D eigenvalue weighted by Gasteiger charge is -2.13. The van der Waals surface area contributed by atoms with Gasteiger partial charge in [0.15, 0.2) is 0 Å². The van der Waals surface area contributed by atoms with Gasteiger partial charge in [0.1, 0.15) is 17.9 Å². The van der Waals surface area contributed by atoms with Crippen LogP contribution in [0.1, 0.15) is 118 Å². The van der Waals surface area contributed by atoms with Gasteiger partial charge in [0.2, 0.25) is 6.33 Å². The Bertz CT molecular complexity index is 414. The smallest absolute Gasteiger partial charge is 0.237 e. The minimum absolute atomic E-state index is 0.195. The summed E-state index contributed by atoms with van der Waals surface area (Å²) in [4.78, 5) is 0. The van der Waals surface area contributed by atoms with Crippen molar-refractivity contribution in [2.24, 2.45) is 0 Å². The summed E-state index contributed by atoms with van der Waals surface area (Å²) >= 11 is 0. The fourth-order valence-corrected chi connectivity index (χ4v) is 3.41. The number of aromatic nitrogens is 2. The number of unbranched alkanes of at least 4 members (excludes halogenated alkanes) is 13. The minimum Gasteiger partial charge on any atom is -0.237 e. The quantitative estimate of drug-likeness (QED) is 0.238. The Balaban J connectivity index is 1.85. The number of nitrogens with zero attached hydrogens (tertiary/aromatic N) is 2. The second-order valence-electron chi connectivity index (χ2n) is 8.83. The molecule has 0 bridgehead atoms. The molecule has 0 saturated carbocycles. The van der Waals surface area contributed by atoms with E-state index in [9.17, 15) is 0 Å². The molecule has 0 aromatic carbocycles. The van der Waals surface area contributed by atoms with E-state index in [1.807, 2.05) is 0 Å². The highest BCUT2D eigenvalue weighted by molar-refractivity contribution is 4.78. The van der Waals surface area contributed by atoms with E-state index >= 15 is 0 Å². The molecule has 0 spiro atoms. The maximum atomic E-state index is 2.34. The highest BCUT2D eigenvalue weighted by Crippen LogP contribution is 2.13. The minimum atomic E-state index is 0.195. The Morgan fingerprint density at radius 1 is 0.680 bits per heavy atom. The molecule has 0 radical (unpaired) electrons. The summed E-state index contributed by atoms with van der Waals surface area (Å²) in [7, 11) is 0. The van der Waals surface area contributed by atoms with E-state index in [0.29, 0.717) is 0 Å². The van der Waals surface area contributed by atoms with Crippen LogP contribution in [-0.4, -0.2) is 4.57 Å². The lowest BCUT2D eigenvalue weighted by atomic mass is 10.0. The maximum Gasteiger partial charge on any atom is 0.244 e. The summed E-state index contributed by atoms with van der Waals surface area (Å²) in [5, 5.41) is 0. The number of hydrogen-bond donors (Lipinski definition) is 0. The van der Waals surface area contributed by atoms with Crippen molar-refractivity contribution in [1.29, 1.82) is 0 Å². The van der Waals surface area contributed by atoms with E-state index in [2.05, 4.69) is 55.6 Å². The zero-order valence-electron chi connectivity index (χ0n) is 17.7. The van der Waals surface area contributed by atoms with Gasteiger partial charge in [0.05, 0.1) is 6.54 Å². The first kappa shape index (κ1) is 22.3. The summed E-state index contributed by atoms with van der Waals surface area (Å²) in [5.41, 5.74) is 0.195. The van der Waals surface area contributed by atoms with Gasteiger partial charge in [0, 0.05) is 0 Å². The van der Waals surface area contributed by atoms with Crippen LogP contribution in [0, 0.1) is 0 Å². The Labute approximate surface area is 158 Å². The van der Waals surface area contributed by atoms with E-state index in [4.69, 9.17) is 0 Å². The first-order valence-corrected chi connectivity index (χ1v) is 11.1. The Morgan fingerprint density at radius 3 is 1.52 bits per heavy atom. The van der Waals surface area contributed by atoms with Gasteiger partial charge in [-0.3, -0.25) is 0 Å². The van der Waals surface area contributed by atoms with Crippen LogP contribution < -0.4 is 4.57 Å². The molecule has 0 aliphatic carbocycles. The van der Waals surface area contributed by atoms with Crippen LogP contribution in [0.3, 0.4) is 0 Å². The molecule has 1 aromatic rings. The van der Waals surface area contributed by atoms with Crippen molar-refractivity contribution < 1.29 is 4.57 Å². The van der Waals surface area contributed by atoms with Crippen LogP contribution in [-0.2, 0) is 12.1 Å². The lowest BCUT2D eigenvalue weighted by molar-refractivity contribution is -0.697. The van der Waals surface area contributed by atoms with Crippen LogP contribution in [0.25, 0.3) is 0 Å². The second kappa shape index (κ2) is 13.4. The molecule has 1 aromatic heterocycles. The zero-order valence-corrected chi connectivity index (χ0v) is 17.7. The lowest BCUT2D eigenvalue weighted by Crippen LogP contribution is -2.32. The monoisotopic (exact) mass is 349 g/mol. The molecule has 0 N–H and O–H groups in total. The number of hydrogen-bond acceptors (Lipinski definition) is 0. The van der Waals surface area contributed by atoms with Gasteiger partial charge in [-0.2, -0.15) is 0 Å². The van der Waals surface area contributed by atoms with Gasteiger partial charge in [-0.1, -0.05) is 84.0 Å². The largest absolute Gasteiger partial charge is 0.244 e. The zero-order chi connectivity index (χ0) is 18.4. The second-order valence-corrected chi connectivity index (χ2v) is 8.83. The molecule has 0 atom stereocenters. The number of imidazole rings is 1. The van der Waals surface area contributed by atoms with Gasteiger partial charge in [-0.05, 0) is 33.6 Å². The fraction of sp³-hybridized carbons (Fsp3) is 0.870. The van der Waals surface area contributed by atoms with E-state index in [1.165, 1.54) is 96.4 Å². The van der Waals surface area contributed by atoms with Crippen LogP contribution in [0.5, 0.6) is 0 Å². The molecular weight excluding hydrogens is 304 g/mol. The third-order valence-corrected chi connectivity index (χ3v) is 5.24. The normalized spacial score (nSPS) is 12.0. The topological polar surface area (TPSA) is 8.81 Å². The van der Waals surface area contributed by atoms with E-state index in [1.54, 1.807) is 0 Å². The molecule has 1 rings (SSSR count). The molecule has 1 heterocycles. The average molecular weight is 350 g/mol. The average Bonchev–Trinajstić information content (AvgIpc) is 3.04. The highest BCUT2D eigenvalue weighted by Gasteiger charge is 2.18. The number of rotatable bonds is 15. The van der Waals surface area contributed by atoms with Crippen molar-refractivity contribution in [3.63, 3.8) is 0 Å². The van der Waals surface area contributed by atoms with Crippen LogP contribution >= 0.6 is 0 Å². The van der Waals surface area contributed by atoms with Crippen molar-refractivity contribution in [1.82, 2.24) is 4.57 Å². The van der Waals surface area contributed by atoms with Crippen molar-refractivity contribution in [2.75, 3.05) is 0 Å². The summed E-state index contributed by atoms with van der Waals surface area (Å²) in [6.45, 7) is 10.2. The van der Waals surface area contributed by atoms with Crippen LogP contribution in [0.4, 0.5) is 0 Å². The van der Waals surface area contributed by atoms with Crippen molar-refractivity contribution in [3.05, 3.63) is 18.7 Å². The summed E-state index contributed by atoms with van der Waals surface area (Å²) < 4.78 is 4.64. The molecule has 25 heavy (non-hydrogen) atoms. The van der Waals surface area contributed by atoms with Gasteiger partial charge in [-0.15, -0.1) is 0 Å². The first-order valence-electron chi connectivity index (χ1n) is 11.1. The molecule has 0 aliphatic rings. The molecule has 146 valence electrons. The van der Waals surface area contributed by atoms with Crippen molar-refractivity contribution in [2.45, 2.75) is 130 Å². The third-order valence-electron chi connectivity index (χ3n) is 5.24.